The summed E-state index contributed by atoms with van der Waals surface area (Å²) in [5.41, 5.74) is 0.983. The van der Waals surface area contributed by atoms with Crippen molar-refractivity contribution in [1.29, 1.82) is 0 Å². The molecule has 0 aromatic heterocycles. The maximum atomic E-state index is 6.15. The molecule has 0 aliphatic heterocycles. The van der Waals surface area contributed by atoms with E-state index in [1.165, 1.54) is 32.1 Å². The second-order valence-corrected chi connectivity index (χ2v) is 5.14. The number of hydrogen-bond donors (Lipinski definition) is 1. The number of halogens is 1. The zero-order valence-corrected chi connectivity index (χ0v) is 11.1. The normalized spacial score (nSPS) is 16.8. The molecule has 0 amide bonds. The third-order valence-corrected chi connectivity index (χ3v) is 3.81. The quantitative estimate of drug-likeness (QED) is 0.862. The second-order valence-electron chi connectivity index (χ2n) is 4.73. The van der Waals surface area contributed by atoms with Gasteiger partial charge in [0.05, 0.1) is 17.8 Å². The highest BCUT2D eigenvalue weighted by atomic mass is 35.5. The fourth-order valence-corrected chi connectivity index (χ4v) is 2.60. The van der Waals surface area contributed by atoms with Crippen LogP contribution in [0.5, 0.6) is 5.75 Å². The van der Waals surface area contributed by atoms with Crippen molar-refractivity contribution in [2.75, 3.05) is 19.0 Å². The summed E-state index contributed by atoms with van der Waals surface area (Å²) < 4.78 is 5.20. The van der Waals surface area contributed by atoms with Crippen LogP contribution < -0.4 is 10.1 Å². The first-order valence-corrected chi connectivity index (χ1v) is 6.75. The van der Waals surface area contributed by atoms with Gasteiger partial charge in [-0.1, -0.05) is 30.9 Å². The summed E-state index contributed by atoms with van der Waals surface area (Å²) in [6, 6.07) is 5.73. The van der Waals surface area contributed by atoms with Gasteiger partial charge in [0.15, 0.2) is 0 Å². The van der Waals surface area contributed by atoms with E-state index in [4.69, 9.17) is 16.3 Å². The summed E-state index contributed by atoms with van der Waals surface area (Å²) >= 11 is 6.15. The zero-order valence-electron chi connectivity index (χ0n) is 10.3. The van der Waals surface area contributed by atoms with Gasteiger partial charge in [-0.15, -0.1) is 0 Å². The summed E-state index contributed by atoms with van der Waals surface area (Å²) in [4.78, 5) is 0. The number of ether oxygens (including phenoxy) is 1. The maximum Gasteiger partial charge on any atom is 0.121 e. The molecular formula is C14H20ClNO. The molecule has 1 aromatic rings. The lowest BCUT2D eigenvalue weighted by molar-refractivity contribution is 0.373. The van der Waals surface area contributed by atoms with E-state index in [0.717, 1.165) is 28.9 Å². The number of hydrogen-bond acceptors (Lipinski definition) is 2. The molecule has 0 radical (unpaired) electrons. The average Bonchev–Trinajstić information content (AvgIpc) is 2.39. The van der Waals surface area contributed by atoms with E-state index in [0.29, 0.717) is 0 Å². The van der Waals surface area contributed by atoms with Crippen molar-refractivity contribution in [1.82, 2.24) is 0 Å². The Balaban J connectivity index is 1.92. The van der Waals surface area contributed by atoms with Gasteiger partial charge in [0.2, 0.25) is 0 Å². The number of rotatable bonds is 4. The predicted octanol–water partition coefficient (Wildman–Crippen LogP) is 4.34. The Hall–Kier alpha value is -0.890. The molecule has 2 nitrogen and oxygen atoms in total. The predicted molar refractivity (Wildman–Crippen MR) is 73.1 cm³/mol. The van der Waals surface area contributed by atoms with Crippen molar-refractivity contribution in [2.24, 2.45) is 5.92 Å². The standard InChI is InChI=1S/C14H20ClNO/c1-17-12-7-8-13(15)14(9-12)16-10-11-5-3-2-4-6-11/h7-9,11,16H,2-6,10H2,1H3. The molecule has 1 fully saturated rings. The van der Waals surface area contributed by atoms with Crippen molar-refractivity contribution in [3.05, 3.63) is 23.2 Å². The van der Waals surface area contributed by atoms with Crippen molar-refractivity contribution in [2.45, 2.75) is 32.1 Å². The molecule has 1 aromatic carbocycles. The molecule has 1 saturated carbocycles. The fourth-order valence-electron chi connectivity index (χ4n) is 2.41. The van der Waals surface area contributed by atoms with E-state index in [2.05, 4.69) is 5.32 Å². The molecule has 0 heterocycles. The first-order valence-electron chi connectivity index (χ1n) is 6.37. The SMILES string of the molecule is COc1ccc(Cl)c(NCC2CCCCC2)c1. The summed E-state index contributed by atoms with van der Waals surface area (Å²) in [7, 11) is 1.67. The zero-order chi connectivity index (χ0) is 12.1. The molecule has 1 aliphatic rings. The summed E-state index contributed by atoms with van der Waals surface area (Å²) in [6.45, 7) is 1.02. The van der Waals surface area contributed by atoms with Crippen LogP contribution in [0.15, 0.2) is 18.2 Å². The monoisotopic (exact) mass is 253 g/mol. The van der Waals surface area contributed by atoms with Crippen molar-refractivity contribution < 1.29 is 4.74 Å². The molecule has 3 heteroatoms. The molecule has 0 spiro atoms. The van der Waals surface area contributed by atoms with Crippen LogP contribution in [-0.2, 0) is 0 Å². The smallest absolute Gasteiger partial charge is 0.121 e. The van der Waals surface area contributed by atoms with Crippen LogP contribution in [0.1, 0.15) is 32.1 Å². The van der Waals surface area contributed by atoms with E-state index in [9.17, 15) is 0 Å². The van der Waals surface area contributed by atoms with Crippen molar-refractivity contribution >= 4 is 17.3 Å². The van der Waals surface area contributed by atoms with E-state index in [1.54, 1.807) is 7.11 Å². The van der Waals surface area contributed by atoms with E-state index < -0.39 is 0 Å². The first-order chi connectivity index (χ1) is 8.29. The lowest BCUT2D eigenvalue weighted by Gasteiger charge is -2.22. The van der Waals surface area contributed by atoms with E-state index in [-0.39, 0.29) is 0 Å². The molecular weight excluding hydrogens is 234 g/mol. The first kappa shape index (κ1) is 12.6. The average molecular weight is 254 g/mol. The highest BCUT2D eigenvalue weighted by Gasteiger charge is 2.13. The highest BCUT2D eigenvalue weighted by Crippen LogP contribution is 2.29. The molecule has 1 N–H and O–H groups in total. The molecule has 0 bridgehead atoms. The van der Waals surface area contributed by atoms with Crippen LogP contribution in [0, 0.1) is 5.92 Å². The summed E-state index contributed by atoms with van der Waals surface area (Å²) in [6.07, 6.45) is 6.83. The molecule has 2 rings (SSSR count). The third kappa shape index (κ3) is 3.53. The Morgan fingerprint density at radius 2 is 2.06 bits per heavy atom. The van der Waals surface area contributed by atoms with Crippen LogP contribution >= 0.6 is 11.6 Å². The van der Waals surface area contributed by atoms with Gasteiger partial charge < -0.3 is 10.1 Å². The Labute approximate surface area is 108 Å². The Bertz CT molecular complexity index is 361. The summed E-state index contributed by atoms with van der Waals surface area (Å²) in [5, 5.41) is 4.21. The number of anilines is 1. The number of nitrogens with one attached hydrogen (secondary N) is 1. The van der Waals surface area contributed by atoms with Crippen LogP contribution in [0.2, 0.25) is 5.02 Å². The Morgan fingerprint density at radius 3 is 2.76 bits per heavy atom. The Morgan fingerprint density at radius 1 is 1.29 bits per heavy atom. The highest BCUT2D eigenvalue weighted by molar-refractivity contribution is 6.33. The van der Waals surface area contributed by atoms with Gasteiger partial charge in [-0.05, 0) is 30.9 Å². The van der Waals surface area contributed by atoms with Gasteiger partial charge in [0.25, 0.3) is 0 Å². The van der Waals surface area contributed by atoms with E-state index >= 15 is 0 Å². The minimum absolute atomic E-state index is 0.765. The molecule has 17 heavy (non-hydrogen) atoms. The topological polar surface area (TPSA) is 21.3 Å². The number of methoxy groups -OCH3 is 1. The summed E-state index contributed by atoms with van der Waals surface area (Å²) in [5.74, 6) is 1.64. The Kier molecular flexibility index (Phi) is 4.55. The lowest BCUT2D eigenvalue weighted by Crippen LogP contribution is -2.17. The lowest BCUT2D eigenvalue weighted by atomic mass is 9.89. The largest absolute Gasteiger partial charge is 0.497 e. The molecule has 94 valence electrons. The van der Waals surface area contributed by atoms with Gasteiger partial charge in [-0.2, -0.15) is 0 Å². The van der Waals surface area contributed by atoms with Crippen LogP contribution in [0.3, 0.4) is 0 Å². The molecule has 0 saturated heterocycles. The second kappa shape index (κ2) is 6.15. The van der Waals surface area contributed by atoms with Crippen LogP contribution in [0.25, 0.3) is 0 Å². The maximum absolute atomic E-state index is 6.15. The van der Waals surface area contributed by atoms with Crippen LogP contribution in [0.4, 0.5) is 5.69 Å². The minimum atomic E-state index is 0.765. The van der Waals surface area contributed by atoms with E-state index in [1.807, 2.05) is 18.2 Å². The third-order valence-electron chi connectivity index (χ3n) is 3.48. The van der Waals surface area contributed by atoms with Gasteiger partial charge in [-0.25, -0.2) is 0 Å². The van der Waals surface area contributed by atoms with Crippen molar-refractivity contribution in [3.63, 3.8) is 0 Å². The van der Waals surface area contributed by atoms with Gasteiger partial charge in [-0.3, -0.25) is 0 Å². The fraction of sp³-hybridized carbons (Fsp3) is 0.571. The molecule has 0 unspecified atom stereocenters. The van der Waals surface area contributed by atoms with Crippen molar-refractivity contribution in [3.8, 4) is 5.75 Å². The molecule has 0 atom stereocenters. The van der Waals surface area contributed by atoms with Gasteiger partial charge in [0, 0.05) is 12.6 Å². The number of benzene rings is 1. The van der Waals surface area contributed by atoms with Gasteiger partial charge in [0.1, 0.15) is 5.75 Å². The minimum Gasteiger partial charge on any atom is -0.497 e. The molecule has 1 aliphatic carbocycles. The van der Waals surface area contributed by atoms with Gasteiger partial charge >= 0.3 is 0 Å². The van der Waals surface area contributed by atoms with Crippen LogP contribution in [-0.4, -0.2) is 13.7 Å².